The summed E-state index contributed by atoms with van der Waals surface area (Å²) in [6, 6.07) is 5.13. The Morgan fingerprint density at radius 1 is 1.31 bits per heavy atom. The molecule has 4 nitrogen and oxygen atoms in total. The molecule has 1 aromatic rings. The van der Waals surface area contributed by atoms with E-state index in [2.05, 4.69) is 0 Å². The molecule has 16 heavy (non-hydrogen) atoms. The van der Waals surface area contributed by atoms with E-state index in [-0.39, 0.29) is 12.6 Å². The van der Waals surface area contributed by atoms with Gasteiger partial charge in [0, 0.05) is 13.5 Å². The first kappa shape index (κ1) is 12.5. The molecule has 0 aliphatic carbocycles. The van der Waals surface area contributed by atoms with Crippen molar-refractivity contribution in [2.75, 3.05) is 21.0 Å². The highest BCUT2D eigenvalue weighted by molar-refractivity contribution is 5.98. The van der Waals surface area contributed by atoms with Crippen LogP contribution in [-0.2, 0) is 4.74 Å². The minimum Gasteiger partial charge on any atom is -0.496 e. The number of rotatable bonds is 6. The Kier molecular flexibility index (Phi) is 4.79. The lowest BCUT2D eigenvalue weighted by Crippen LogP contribution is -2.03. The zero-order valence-electron chi connectivity index (χ0n) is 9.78. The number of Topliss-reactive ketones (excluding diaryl/α,β-unsaturated/α-hetero) is 1. The molecule has 4 heteroatoms. The zero-order valence-corrected chi connectivity index (χ0v) is 9.78. The summed E-state index contributed by atoms with van der Waals surface area (Å²) < 4.78 is 15.2. The summed E-state index contributed by atoms with van der Waals surface area (Å²) in [7, 11) is 3.08. The van der Waals surface area contributed by atoms with Gasteiger partial charge in [-0.3, -0.25) is 4.79 Å². The van der Waals surface area contributed by atoms with Crippen LogP contribution in [-0.4, -0.2) is 26.8 Å². The molecular weight excluding hydrogens is 208 g/mol. The van der Waals surface area contributed by atoms with Crippen LogP contribution in [0.3, 0.4) is 0 Å². The molecule has 0 unspecified atom stereocenters. The number of carbonyl (C=O) groups is 1. The second kappa shape index (κ2) is 6.12. The van der Waals surface area contributed by atoms with Gasteiger partial charge >= 0.3 is 0 Å². The normalized spacial score (nSPS) is 9.94. The second-order valence-corrected chi connectivity index (χ2v) is 3.19. The highest BCUT2D eigenvalue weighted by atomic mass is 16.7. The van der Waals surface area contributed by atoms with Crippen molar-refractivity contribution in [2.45, 2.75) is 13.3 Å². The third kappa shape index (κ3) is 2.97. The van der Waals surface area contributed by atoms with E-state index < -0.39 is 0 Å². The topological polar surface area (TPSA) is 44.8 Å². The van der Waals surface area contributed by atoms with Crippen molar-refractivity contribution >= 4 is 5.78 Å². The van der Waals surface area contributed by atoms with Gasteiger partial charge in [-0.2, -0.15) is 0 Å². The van der Waals surface area contributed by atoms with Gasteiger partial charge in [0.15, 0.2) is 12.6 Å². The van der Waals surface area contributed by atoms with Gasteiger partial charge in [0.2, 0.25) is 0 Å². The quantitative estimate of drug-likeness (QED) is 0.549. The highest BCUT2D eigenvalue weighted by Gasteiger charge is 2.11. The first-order chi connectivity index (χ1) is 7.72. The summed E-state index contributed by atoms with van der Waals surface area (Å²) >= 11 is 0. The Morgan fingerprint density at radius 2 is 2.06 bits per heavy atom. The summed E-state index contributed by atoms with van der Waals surface area (Å²) in [5.41, 5.74) is 0.540. The number of methoxy groups -OCH3 is 2. The average Bonchev–Trinajstić information content (AvgIpc) is 2.35. The minimum atomic E-state index is 0.0275. The Balaban J connectivity index is 2.96. The number of benzene rings is 1. The van der Waals surface area contributed by atoms with Gasteiger partial charge in [-0.1, -0.05) is 6.92 Å². The number of hydrogen-bond acceptors (Lipinski definition) is 4. The molecule has 0 fully saturated rings. The molecule has 0 atom stereocenters. The SMILES string of the molecule is CCC(=O)c1cc(OCOC)ccc1OC. The molecule has 0 saturated heterocycles. The Bertz CT molecular complexity index is 360. The summed E-state index contributed by atoms with van der Waals surface area (Å²) in [6.45, 7) is 1.97. The van der Waals surface area contributed by atoms with Crippen LogP contribution in [0.1, 0.15) is 23.7 Å². The van der Waals surface area contributed by atoms with Crippen LogP contribution in [0, 0.1) is 0 Å². The van der Waals surface area contributed by atoms with Crippen LogP contribution in [0.25, 0.3) is 0 Å². The molecule has 88 valence electrons. The minimum absolute atomic E-state index is 0.0275. The summed E-state index contributed by atoms with van der Waals surface area (Å²) in [5.74, 6) is 1.19. The number of hydrogen-bond donors (Lipinski definition) is 0. The van der Waals surface area contributed by atoms with Crippen molar-refractivity contribution in [3.8, 4) is 11.5 Å². The molecule has 0 heterocycles. The highest BCUT2D eigenvalue weighted by Crippen LogP contribution is 2.25. The van der Waals surface area contributed by atoms with Gasteiger partial charge in [0.25, 0.3) is 0 Å². The van der Waals surface area contributed by atoms with E-state index in [1.165, 1.54) is 7.11 Å². The van der Waals surface area contributed by atoms with Crippen molar-refractivity contribution in [3.63, 3.8) is 0 Å². The predicted molar refractivity (Wildman–Crippen MR) is 60.1 cm³/mol. The monoisotopic (exact) mass is 224 g/mol. The van der Waals surface area contributed by atoms with Crippen LogP contribution in [0.4, 0.5) is 0 Å². The predicted octanol–water partition coefficient (Wildman–Crippen LogP) is 2.27. The fourth-order valence-electron chi connectivity index (χ4n) is 1.31. The summed E-state index contributed by atoms with van der Waals surface area (Å²) in [4.78, 5) is 11.7. The van der Waals surface area contributed by atoms with Gasteiger partial charge in [0.05, 0.1) is 12.7 Å². The fraction of sp³-hybridized carbons (Fsp3) is 0.417. The van der Waals surface area contributed by atoms with Crippen molar-refractivity contribution in [1.29, 1.82) is 0 Å². The van der Waals surface area contributed by atoms with Crippen molar-refractivity contribution in [3.05, 3.63) is 23.8 Å². The molecular formula is C12H16O4. The number of ketones is 1. The van der Waals surface area contributed by atoms with Crippen LogP contribution < -0.4 is 9.47 Å². The van der Waals surface area contributed by atoms with Gasteiger partial charge < -0.3 is 14.2 Å². The van der Waals surface area contributed by atoms with E-state index in [4.69, 9.17) is 14.2 Å². The van der Waals surface area contributed by atoms with E-state index in [9.17, 15) is 4.79 Å². The van der Waals surface area contributed by atoms with Crippen LogP contribution >= 0.6 is 0 Å². The Morgan fingerprint density at radius 3 is 2.62 bits per heavy atom. The summed E-state index contributed by atoms with van der Waals surface area (Å²) in [5, 5.41) is 0. The summed E-state index contributed by atoms with van der Waals surface area (Å²) in [6.07, 6.45) is 0.435. The fourth-order valence-corrected chi connectivity index (χ4v) is 1.31. The first-order valence-electron chi connectivity index (χ1n) is 5.05. The number of carbonyl (C=O) groups excluding carboxylic acids is 1. The molecule has 0 radical (unpaired) electrons. The van der Waals surface area contributed by atoms with E-state index in [0.29, 0.717) is 23.5 Å². The molecule has 0 saturated carbocycles. The van der Waals surface area contributed by atoms with E-state index in [1.807, 2.05) is 6.92 Å². The Hall–Kier alpha value is -1.55. The molecule has 0 aliphatic heterocycles. The maximum Gasteiger partial charge on any atom is 0.188 e. The van der Waals surface area contributed by atoms with Crippen molar-refractivity contribution < 1.29 is 19.0 Å². The lowest BCUT2D eigenvalue weighted by Gasteiger charge is -2.10. The maximum atomic E-state index is 11.7. The van der Waals surface area contributed by atoms with Gasteiger partial charge in [0.1, 0.15) is 11.5 Å². The second-order valence-electron chi connectivity index (χ2n) is 3.19. The largest absolute Gasteiger partial charge is 0.496 e. The van der Waals surface area contributed by atoms with Crippen LogP contribution in [0.15, 0.2) is 18.2 Å². The molecule has 0 amide bonds. The maximum absolute atomic E-state index is 11.7. The Labute approximate surface area is 95.1 Å². The standard InChI is InChI=1S/C12H16O4/c1-4-11(13)10-7-9(16-8-14-2)5-6-12(10)15-3/h5-7H,4,8H2,1-3H3. The van der Waals surface area contributed by atoms with Crippen LogP contribution in [0.5, 0.6) is 11.5 Å². The van der Waals surface area contributed by atoms with E-state index in [1.54, 1.807) is 25.3 Å². The van der Waals surface area contributed by atoms with E-state index in [0.717, 1.165) is 0 Å². The molecule has 0 N–H and O–H groups in total. The molecule has 0 spiro atoms. The van der Waals surface area contributed by atoms with Gasteiger partial charge in [-0.05, 0) is 18.2 Å². The van der Waals surface area contributed by atoms with E-state index >= 15 is 0 Å². The molecule has 0 aliphatic rings. The third-order valence-electron chi connectivity index (χ3n) is 2.14. The molecule has 0 aromatic heterocycles. The smallest absolute Gasteiger partial charge is 0.188 e. The average molecular weight is 224 g/mol. The third-order valence-corrected chi connectivity index (χ3v) is 2.14. The lowest BCUT2D eigenvalue weighted by molar-refractivity contribution is 0.0509. The van der Waals surface area contributed by atoms with Crippen LogP contribution in [0.2, 0.25) is 0 Å². The molecule has 1 rings (SSSR count). The van der Waals surface area contributed by atoms with Gasteiger partial charge in [-0.15, -0.1) is 0 Å². The van der Waals surface area contributed by atoms with Crippen molar-refractivity contribution in [1.82, 2.24) is 0 Å². The zero-order chi connectivity index (χ0) is 12.0. The molecule has 0 bridgehead atoms. The first-order valence-corrected chi connectivity index (χ1v) is 5.05. The molecule has 1 aromatic carbocycles. The van der Waals surface area contributed by atoms with Crippen molar-refractivity contribution in [2.24, 2.45) is 0 Å². The number of ether oxygens (including phenoxy) is 3. The lowest BCUT2D eigenvalue weighted by atomic mass is 10.1. The van der Waals surface area contributed by atoms with Gasteiger partial charge in [-0.25, -0.2) is 0 Å².